The lowest BCUT2D eigenvalue weighted by atomic mass is 9.87. The lowest BCUT2D eigenvalue weighted by molar-refractivity contribution is -0.234. The fourth-order valence-electron chi connectivity index (χ4n) is 5.94. The minimum Gasteiger partial charge on any atom is -0.407 e. The van der Waals surface area contributed by atoms with E-state index in [1.54, 1.807) is 18.9 Å². The zero-order valence-electron chi connectivity index (χ0n) is 23.0. The molecule has 1 fully saturated rings. The molecule has 190 valence electrons. The Balaban J connectivity index is 2.55. The van der Waals surface area contributed by atoms with E-state index < -0.39 is 22.2 Å². The molecule has 0 N–H and O–H groups in total. The van der Waals surface area contributed by atoms with Gasteiger partial charge in [0.15, 0.2) is 8.32 Å². The summed E-state index contributed by atoms with van der Waals surface area (Å²) in [5.41, 5.74) is 0.664. The number of hydrogen-bond acceptors (Lipinski definition) is 5. The second-order valence-corrected chi connectivity index (χ2v) is 22.6. The first kappa shape index (κ1) is 29.1. The van der Waals surface area contributed by atoms with Gasteiger partial charge in [0.1, 0.15) is 23.2 Å². The highest BCUT2D eigenvalue weighted by Crippen LogP contribution is 2.49. The SMILES string of the molecule is CO[C@H]1[C@H](Sc2ccccc2)O[C@@H](C)[C@H](O[Si](C(C)C)(C(C)C)C(C)C)[C@@]1(C)O[Si](C)(C)C. The van der Waals surface area contributed by atoms with Crippen molar-refractivity contribution < 1.29 is 18.3 Å². The third kappa shape index (κ3) is 6.35. The highest BCUT2D eigenvalue weighted by atomic mass is 32.2. The van der Waals surface area contributed by atoms with Gasteiger partial charge < -0.3 is 18.3 Å². The van der Waals surface area contributed by atoms with Crippen molar-refractivity contribution in [3.05, 3.63) is 30.3 Å². The van der Waals surface area contributed by atoms with Gasteiger partial charge in [-0.1, -0.05) is 71.5 Å². The highest BCUT2D eigenvalue weighted by Gasteiger charge is 2.59. The monoisotopic (exact) mass is 512 g/mol. The van der Waals surface area contributed by atoms with Gasteiger partial charge in [0, 0.05) is 12.0 Å². The van der Waals surface area contributed by atoms with Crippen LogP contribution in [0.25, 0.3) is 0 Å². The smallest absolute Gasteiger partial charge is 0.201 e. The summed E-state index contributed by atoms with van der Waals surface area (Å²) in [6.07, 6.45) is -0.559. The molecule has 1 aliphatic heterocycles. The average Bonchev–Trinajstić information content (AvgIpc) is 2.66. The van der Waals surface area contributed by atoms with Crippen molar-refractivity contribution in [1.82, 2.24) is 0 Å². The predicted molar refractivity (Wildman–Crippen MR) is 146 cm³/mol. The van der Waals surface area contributed by atoms with Gasteiger partial charge >= 0.3 is 0 Å². The van der Waals surface area contributed by atoms with Gasteiger partial charge in [-0.2, -0.15) is 0 Å². The van der Waals surface area contributed by atoms with Crippen molar-refractivity contribution in [1.29, 1.82) is 0 Å². The summed E-state index contributed by atoms with van der Waals surface area (Å²) in [5.74, 6) is 0. The molecule has 4 nitrogen and oxygen atoms in total. The Kier molecular flexibility index (Phi) is 9.93. The molecule has 0 radical (unpaired) electrons. The van der Waals surface area contributed by atoms with Gasteiger partial charge in [0.05, 0.1) is 6.10 Å². The van der Waals surface area contributed by atoms with Crippen LogP contribution in [0.5, 0.6) is 0 Å². The molecular formula is C26H48O4SSi2. The van der Waals surface area contributed by atoms with E-state index in [9.17, 15) is 0 Å². The molecule has 1 aromatic rings. The molecule has 1 heterocycles. The first-order chi connectivity index (χ1) is 15.2. The normalized spacial score (nSPS) is 29.3. The summed E-state index contributed by atoms with van der Waals surface area (Å²) in [6, 6.07) is 10.4. The Morgan fingerprint density at radius 2 is 1.42 bits per heavy atom. The molecule has 1 saturated heterocycles. The van der Waals surface area contributed by atoms with Crippen LogP contribution in [0.2, 0.25) is 36.3 Å². The summed E-state index contributed by atoms with van der Waals surface area (Å²) in [6.45, 7) is 25.1. The minimum absolute atomic E-state index is 0.109. The topological polar surface area (TPSA) is 36.9 Å². The third-order valence-electron chi connectivity index (χ3n) is 6.97. The molecule has 0 spiro atoms. The number of hydrogen-bond donors (Lipinski definition) is 0. The zero-order valence-corrected chi connectivity index (χ0v) is 25.8. The zero-order chi connectivity index (χ0) is 25.2. The molecule has 0 amide bonds. The Labute approximate surface area is 209 Å². The predicted octanol–water partition coefficient (Wildman–Crippen LogP) is 7.71. The van der Waals surface area contributed by atoms with Crippen LogP contribution in [0, 0.1) is 0 Å². The molecular weight excluding hydrogens is 465 g/mol. The van der Waals surface area contributed by atoms with Gasteiger partial charge in [0.2, 0.25) is 8.32 Å². The lowest BCUT2D eigenvalue weighted by Gasteiger charge is -2.57. The van der Waals surface area contributed by atoms with Crippen molar-refractivity contribution in [2.45, 2.75) is 126 Å². The summed E-state index contributed by atoms with van der Waals surface area (Å²) in [7, 11) is -2.32. The number of benzene rings is 1. The van der Waals surface area contributed by atoms with Crippen LogP contribution in [0.3, 0.4) is 0 Å². The van der Waals surface area contributed by atoms with E-state index in [4.69, 9.17) is 18.3 Å². The van der Waals surface area contributed by atoms with Crippen molar-refractivity contribution in [3.8, 4) is 0 Å². The van der Waals surface area contributed by atoms with Crippen LogP contribution in [0.4, 0.5) is 0 Å². The minimum atomic E-state index is -2.17. The largest absolute Gasteiger partial charge is 0.407 e. The van der Waals surface area contributed by atoms with E-state index in [1.165, 1.54) is 4.90 Å². The second kappa shape index (κ2) is 11.3. The van der Waals surface area contributed by atoms with Crippen molar-refractivity contribution in [2.24, 2.45) is 0 Å². The van der Waals surface area contributed by atoms with Crippen LogP contribution in [-0.4, -0.2) is 53.1 Å². The van der Waals surface area contributed by atoms with Gasteiger partial charge in [-0.25, -0.2) is 0 Å². The number of methoxy groups -OCH3 is 1. The van der Waals surface area contributed by atoms with Crippen LogP contribution < -0.4 is 0 Å². The van der Waals surface area contributed by atoms with E-state index >= 15 is 0 Å². The molecule has 33 heavy (non-hydrogen) atoms. The molecule has 1 aromatic carbocycles. The molecule has 5 atom stereocenters. The molecule has 0 aliphatic carbocycles. The van der Waals surface area contributed by atoms with Gasteiger partial charge in [-0.15, -0.1) is 0 Å². The summed E-state index contributed by atoms with van der Waals surface area (Å²) >= 11 is 1.71. The molecule has 0 unspecified atom stereocenters. The van der Waals surface area contributed by atoms with Gasteiger partial charge in [-0.05, 0) is 62.2 Å². The van der Waals surface area contributed by atoms with E-state index in [1.807, 2.05) is 6.07 Å². The molecule has 0 bridgehead atoms. The van der Waals surface area contributed by atoms with Crippen molar-refractivity contribution in [3.63, 3.8) is 0 Å². The Hall–Kier alpha value is -0.156. The van der Waals surface area contributed by atoms with Crippen LogP contribution >= 0.6 is 11.8 Å². The Morgan fingerprint density at radius 1 is 0.909 bits per heavy atom. The summed E-state index contributed by atoms with van der Waals surface area (Å²) in [4.78, 5) is 1.17. The Bertz CT molecular complexity index is 716. The van der Waals surface area contributed by atoms with Crippen molar-refractivity contribution >= 4 is 28.4 Å². The van der Waals surface area contributed by atoms with E-state index in [2.05, 4.69) is 99.3 Å². The molecule has 0 aromatic heterocycles. The van der Waals surface area contributed by atoms with Gasteiger partial charge in [0.25, 0.3) is 0 Å². The quantitative estimate of drug-likeness (QED) is 0.300. The fraction of sp³-hybridized carbons (Fsp3) is 0.769. The number of thioether (sulfide) groups is 1. The fourth-order valence-corrected chi connectivity index (χ4v) is 14.5. The first-order valence-electron chi connectivity index (χ1n) is 12.5. The maximum atomic E-state index is 7.39. The Morgan fingerprint density at radius 3 is 1.85 bits per heavy atom. The van der Waals surface area contributed by atoms with Crippen LogP contribution in [-0.2, 0) is 18.3 Å². The van der Waals surface area contributed by atoms with E-state index in [0.29, 0.717) is 16.6 Å². The van der Waals surface area contributed by atoms with Crippen molar-refractivity contribution in [2.75, 3.05) is 7.11 Å². The summed E-state index contributed by atoms with van der Waals surface area (Å²) < 4.78 is 27.3. The second-order valence-electron chi connectivity index (χ2n) is 11.6. The molecule has 7 heteroatoms. The van der Waals surface area contributed by atoms with Crippen LogP contribution in [0.15, 0.2) is 35.2 Å². The highest BCUT2D eigenvalue weighted by molar-refractivity contribution is 7.99. The standard InChI is InChI=1S/C26H48O4SSi2/c1-18(2)33(19(3)4,20(5)6)29-23-21(7)28-25(31-22-16-14-13-15-17-22)24(27-9)26(23,8)30-32(10,11)12/h13-21,23-25H,1-12H3/t21-,23-,24-,25-,26+/m0/s1. The maximum absolute atomic E-state index is 7.39. The molecule has 1 aliphatic rings. The lowest BCUT2D eigenvalue weighted by Crippen LogP contribution is -2.70. The number of rotatable bonds is 10. The van der Waals surface area contributed by atoms with E-state index in [-0.39, 0.29) is 23.7 Å². The number of ether oxygens (including phenoxy) is 2. The molecule has 0 saturated carbocycles. The average molecular weight is 513 g/mol. The summed E-state index contributed by atoms with van der Waals surface area (Å²) in [5, 5.41) is 0. The first-order valence-corrected chi connectivity index (χ1v) is 18.9. The maximum Gasteiger partial charge on any atom is 0.201 e. The third-order valence-corrected chi connectivity index (χ3v) is 15.2. The van der Waals surface area contributed by atoms with E-state index in [0.717, 1.165) is 0 Å². The molecule has 2 rings (SSSR count). The van der Waals surface area contributed by atoms with Crippen LogP contribution in [0.1, 0.15) is 55.4 Å². The van der Waals surface area contributed by atoms with Gasteiger partial charge in [-0.3, -0.25) is 0 Å².